The zero-order valence-electron chi connectivity index (χ0n) is 11.8. The largest absolute Gasteiger partial charge is 0.372 e. The number of carbonyl (C=O) groups is 1. The molecule has 2 atom stereocenters. The molecular weight excluding hydrogens is 240 g/mol. The summed E-state index contributed by atoms with van der Waals surface area (Å²) in [6.45, 7) is 7.37. The Morgan fingerprint density at radius 2 is 1.95 bits per heavy atom. The van der Waals surface area contributed by atoms with Gasteiger partial charge in [0.1, 0.15) is 0 Å². The Bertz CT molecular complexity index is 438. The second-order valence-electron chi connectivity index (χ2n) is 5.10. The fourth-order valence-corrected chi connectivity index (χ4v) is 2.49. The van der Waals surface area contributed by atoms with Crippen molar-refractivity contribution in [3.05, 3.63) is 29.8 Å². The van der Waals surface area contributed by atoms with Gasteiger partial charge >= 0.3 is 6.03 Å². The number of morpholine rings is 1. The van der Waals surface area contributed by atoms with Gasteiger partial charge in [-0.2, -0.15) is 0 Å². The van der Waals surface area contributed by atoms with E-state index in [-0.39, 0.29) is 18.2 Å². The molecule has 0 aromatic heterocycles. The molecule has 2 amide bonds. The lowest BCUT2D eigenvalue weighted by Gasteiger charge is -2.35. The highest BCUT2D eigenvalue weighted by molar-refractivity contribution is 5.90. The summed E-state index contributed by atoms with van der Waals surface area (Å²) in [6, 6.07) is 7.89. The molecule has 19 heavy (non-hydrogen) atoms. The van der Waals surface area contributed by atoms with Gasteiger partial charge in [0, 0.05) is 18.8 Å². The van der Waals surface area contributed by atoms with E-state index in [1.54, 1.807) is 0 Å². The van der Waals surface area contributed by atoms with Crippen molar-refractivity contribution in [1.82, 2.24) is 4.90 Å². The molecular formula is C15H22N2O2. The molecule has 4 heteroatoms. The number of nitrogens with zero attached hydrogens (tertiary/aromatic N) is 1. The van der Waals surface area contributed by atoms with Crippen LogP contribution >= 0.6 is 0 Å². The Kier molecular flexibility index (Phi) is 4.43. The van der Waals surface area contributed by atoms with Crippen molar-refractivity contribution < 1.29 is 9.53 Å². The summed E-state index contributed by atoms with van der Waals surface area (Å²) >= 11 is 0. The number of rotatable bonds is 2. The van der Waals surface area contributed by atoms with Crippen molar-refractivity contribution in [2.75, 3.05) is 18.4 Å². The average molecular weight is 262 g/mol. The lowest BCUT2D eigenvalue weighted by Crippen LogP contribution is -2.49. The molecule has 0 radical (unpaired) electrons. The first-order valence-electron chi connectivity index (χ1n) is 6.89. The van der Waals surface area contributed by atoms with Crippen LogP contribution in [0, 0.1) is 0 Å². The highest BCUT2D eigenvalue weighted by atomic mass is 16.5. The predicted octanol–water partition coefficient (Wildman–Crippen LogP) is 2.89. The van der Waals surface area contributed by atoms with Crippen LogP contribution in [0.1, 0.15) is 26.3 Å². The number of hydrogen-bond acceptors (Lipinski definition) is 2. The van der Waals surface area contributed by atoms with Gasteiger partial charge in [-0.3, -0.25) is 0 Å². The maximum atomic E-state index is 12.3. The molecule has 1 N–H and O–H groups in total. The second kappa shape index (κ2) is 6.06. The number of urea groups is 1. The highest BCUT2D eigenvalue weighted by Crippen LogP contribution is 2.17. The lowest BCUT2D eigenvalue weighted by atomic mass is 10.1. The maximum Gasteiger partial charge on any atom is 0.322 e. The van der Waals surface area contributed by atoms with E-state index in [0.717, 1.165) is 17.7 Å². The van der Waals surface area contributed by atoms with Crippen molar-refractivity contribution in [2.24, 2.45) is 0 Å². The van der Waals surface area contributed by atoms with Crippen LogP contribution in [0.3, 0.4) is 0 Å². The molecule has 0 unspecified atom stereocenters. The second-order valence-corrected chi connectivity index (χ2v) is 5.10. The minimum Gasteiger partial charge on any atom is -0.372 e. The number of carbonyl (C=O) groups excluding carboxylic acids is 1. The molecule has 4 nitrogen and oxygen atoms in total. The molecule has 0 aliphatic carbocycles. The van der Waals surface area contributed by atoms with Gasteiger partial charge in [0.2, 0.25) is 0 Å². The van der Waals surface area contributed by atoms with Crippen LogP contribution in [-0.4, -0.2) is 36.2 Å². The van der Waals surface area contributed by atoms with Crippen LogP contribution in [0.2, 0.25) is 0 Å². The third-order valence-electron chi connectivity index (χ3n) is 3.35. The summed E-state index contributed by atoms with van der Waals surface area (Å²) in [6.07, 6.45) is 1.10. The van der Waals surface area contributed by atoms with Crippen molar-refractivity contribution in [3.8, 4) is 0 Å². The van der Waals surface area contributed by atoms with Crippen molar-refractivity contribution in [3.63, 3.8) is 0 Å². The number of anilines is 1. The molecule has 0 bridgehead atoms. The third kappa shape index (κ3) is 3.47. The van der Waals surface area contributed by atoms with Gasteiger partial charge in [-0.05, 0) is 31.9 Å². The monoisotopic (exact) mass is 262 g/mol. The summed E-state index contributed by atoms with van der Waals surface area (Å²) in [5, 5.41) is 3.00. The average Bonchev–Trinajstić information content (AvgIpc) is 2.38. The van der Waals surface area contributed by atoms with Gasteiger partial charge in [-0.15, -0.1) is 0 Å². The number of nitrogens with one attached hydrogen (secondary N) is 1. The molecule has 1 saturated heterocycles. The summed E-state index contributed by atoms with van der Waals surface area (Å²) in [7, 11) is 0. The van der Waals surface area contributed by atoms with Gasteiger partial charge < -0.3 is 15.0 Å². The summed E-state index contributed by atoms with van der Waals surface area (Å²) in [5.74, 6) is 0. The van der Waals surface area contributed by atoms with Crippen molar-refractivity contribution >= 4 is 11.7 Å². The van der Waals surface area contributed by atoms with Gasteiger partial charge in [-0.1, -0.05) is 25.1 Å². The third-order valence-corrected chi connectivity index (χ3v) is 3.35. The Hall–Kier alpha value is -1.55. The SMILES string of the molecule is CCc1ccccc1NC(=O)N1C[C@H](C)O[C@@H](C)C1. The summed E-state index contributed by atoms with van der Waals surface area (Å²) in [4.78, 5) is 14.1. The van der Waals surface area contributed by atoms with E-state index in [0.29, 0.717) is 13.1 Å². The molecule has 1 aromatic carbocycles. The first kappa shape index (κ1) is 13.9. The van der Waals surface area contributed by atoms with Crippen LogP contribution < -0.4 is 5.32 Å². The first-order chi connectivity index (χ1) is 9.10. The van der Waals surface area contributed by atoms with Gasteiger partial charge in [0.25, 0.3) is 0 Å². The van der Waals surface area contributed by atoms with Crippen molar-refractivity contribution in [2.45, 2.75) is 39.4 Å². The Balaban J connectivity index is 2.04. The van der Waals surface area contributed by atoms with E-state index in [9.17, 15) is 4.79 Å². The van der Waals surface area contributed by atoms with Crippen LogP contribution in [0.15, 0.2) is 24.3 Å². The van der Waals surface area contributed by atoms with Crippen LogP contribution in [0.4, 0.5) is 10.5 Å². The topological polar surface area (TPSA) is 41.6 Å². The molecule has 1 aliphatic rings. The number of hydrogen-bond donors (Lipinski definition) is 1. The lowest BCUT2D eigenvalue weighted by molar-refractivity contribution is -0.0530. The van der Waals surface area contributed by atoms with Crippen LogP contribution in [0.25, 0.3) is 0 Å². The first-order valence-corrected chi connectivity index (χ1v) is 6.89. The van der Waals surface area contributed by atoms with E-state index in [2.05, 4.69) is 12.2 Å². The molecule has 104 valence electrons. The zero-order valence-corrected chi connectivity index (χ0v) is 11.8. The van der Waals surface area contributed by atoms with Gasteiger partial charge in [0.15, 0.2) is 0 Å². The van der Waals surface area contributed by atoms with E-state index >= 15 is 0 Å². The van der Waals surface area contributed by atoms with Gasteiger partial charge in [0.05, 0.1) is 12.2 Å². The van der Waals surface area contributed by atoms with E-state index in [4.69, 9.17) is 4.74 Å². The van der Waals surface area contributed by atoms with Crippen molar-refractivity contribution in [1.29, 1.82) is 0 Å². The summed E-state index contributed by atoms with van der Waals surface area (Å²) in [5.41, 5.74) is 2.06. The molecule has 0 spiro atoms. The fourth-order valence-electron chi connectivity index (χ4n) is 2.49. The number of amides is 2. The molecule has 1 fully saturated rings. The van der Waals surface area contributed by atoms with Gasteiger partial charge in [-0.25, -0.2) is 4.79 Å². The number of benzene rings is 1. The van der Waals surface area contributed by atoms with E-state index in [1.165, 1.54) is 0 Å². The predicted molar refractivity (Wildman–Crippen MR) is 76.4 cm³/mol. The minimum atomic E-state index is -0.0390. The number of aryl methyl sites for hydroxylation is 1. The quantitative estimate of drug-likeness (QED) is 0.890. The van der Waals surface area contributed by atoms with E-state index in [1.807, 2.05) is 43.0 Å². The fraction of sp³-hybridized carbons (Fsp3) is 0.533. The van der Waals surface area contributed by atoms with E-state index < -0.39 is 0 Å². The number of para-hydroxylation sites is 1. The molecule has 1 aliphatic heterocycles. The zero-order chi connectivity index (χ0) is 13.8. The highest BCUT2D eigenvalue weighted by Gasteiger charge is 2.26. The normalized spacial score (nSPS) is 23.2. The summed E-state index contributed by atoms with van der Waals surface area (Å²) < 4.78 is 5.64. The standard InChI is InChI=1S/C15H22N2O2/c1-4-13-7-5-6-8-14(13)16-15(18)17-9-11(2)19-12(3)10-17/h5-8,11-12H,4,9-10H2,1-3H3,(H,16,18)/t11-,12-/m0/s1. The molecule has 2 rings (SSSR count). The molecule has 0 saturated carbocycles. The Morgan fingerprint density at radius 3 is 2.58 bits per heavy atom. The molecule has 1 heterocycles. The maximum absolute atomic E-state index is 12.3. The Morgan fingerprint density at radius 1 is 1.32 bits per heavy atom. The van der Waals surface area contributed by atoms with Crippen LogP contribution in [-0.2, 0) is 11.2 Å². The molecule has 1 aromatic rings. The van der Waals surface area contributed by atoms with Crippen LogP contribution in [0.5, 0.6) is 0 Å². The Labute approximate surface area is 114 Å². The smallest absolute Gasteiger partial charge is 0.322 e. The number of ether oxygens (including phenoxy) is 1. The minimum absolute atomic E-state index is 0.0390.